The van der Waals surface area contributed by atoms with Crippen LogP contribution in [0.3, 0.4) is 0 Å². The highest BCUT2D eigenvalue weighted by molar-refractivity contribution is 5.90. The molecule has 1 aliphatic heterocycles. The van der Waals surface area contributed by atoms with Gasteiger partial charge in [0.1, 0.15) is 5.82 Å². The molecule has 0 radical (unpaired) electrons. The van der Waals surface area contributed by atoms with Gasteiger partial charge in [0.15, 0.2) is 0 Å². The molecule has 0 unspecified atom stereocenters. The van der Waals surface area contributed by atoms with Crippen molar-refractivity contribution in [2.24, 2.45) is 0 Å². The lowest BCUT2D eigenvalue weighted by Crippen LogP contribution is -2.38. The number of hydrogen-bond acceptors (Lipinski definition) is 2. The predicted molar refractivity (Wildman–Crippen MR) is 151 cm³/mol. The van der Waals surface area contributed by atoms with Crippen molar-refractivity contribution in [1.82, 2.24) is 19.2 Å². The number of nitrogens with one attached hydrogen (secondary N) is 1. The van der Waals surface area contributed by atoms with Crippen LogP contribution in [0.25, 0.3) is 11.5 Å². The third kappa shape index (κ3) is 4.18. The number of aryl methyl sites for hydroxylation is 3. The third-order valence-electron chi connectivity index (χ3n) is 7.35. The van der Waals surface area contributed by atoms with Crippen LogP contribution in [0.1, 0.15) is 46.6 Å². The van der Waals surface area contributed by atoms with E-state index >= 15 is 0 Å². The first kappa shape index (κ1) is 23.8. The average molecular weight is 502 g/mol. The number of amides is 2. The number of hydrogen-bond donors (Lipinski definition) is 1. The second-order valence-corrected chi connectivity index (χ2v) is 9.86. The zero-order valence-corrected chi connectivity index (χ0v) is 21.9. The van der Waals surface area contributed by atoms with E-state index in [1.54, 1.807) is 0 Å². The topological polar surface area (TPSA) is 55.1 Å². The molecule has 190 valence electrons. The molecule has 5 aromatic rings. The van der Waals surface area contributed by atoms with Crippen LogP contribution in [-0.2, 0) is 13.0 Å². The van der Waals surface area contributed by atoms with Crippen LogP contribution in [0.15, 0.2) is 97.2 Å². The molecule has 1 aliphatic rings. The maximum absolute atomic E-state index is 14.0. The molecule has 0 spiro atoms. The fourth-order valence-electron chi connectivity index (χ4n) is 5.27. The Balaban J connectivity index is 1.52. The second-order valence-electron chi connectivity index (χ2n) is 9.86. The Morgan fingerprint density at radius 1 is 0.921 bits per heavy atom. The number of nitrogens with zero attached hydrogens (tertiary/aromatic N) is 4. The van der Waals surface area contributed by atoms with E-state index in [1.165, 1.54) is 5.56 Å². The van der Waals surface area contributed by atoms with Crippen molar-refractivity contribution in [3.63, 3.8) is 0 Å². The van der Waals surface area contributed by atoms with Crippen LogP contribution in [0.5, 0.6) is 0 Å². The molecule has 3 heterocycles. The largest absolute Gasteiger partial charge is 0.322 e. The molecule has 6 nitrogen and oxygen atoms in total. The van der Waals surface area contributed by atoms with Crippen LogP contribution in [0.4, 0.5) is 10.5 Å². The number of fused-ring (bicyclic) bond motifs is 3. The van der Waals surface area contributed by atoms with Crippen LogP contribution >= 0.6 is 0 Å². The molecule has 0 fully saturated rings. The molecule has 1 atom stereocenters. The number of benzene rings is 3. The van der Waals surface area contributed by atoms with E-state index in [9.17, 15) is 4.79 Å². The van der Waals surface area contributed by atoms with Gasteiger partial charge in [-0.3, -0.25) is 0 Å². The van der Waals surface area contributed by atoms with Gasteiger partial charge in [-0.15, -0.1) is 0 Å². The van der Waals surface area contributed by atoms with Crippen LogP contribution in [-0.4, -0.2) is 25.3 Å². The quantitative estimate of drug-likeness (QED) is 0.289. The van der Waals surface area contributed by atoms with Gasteiger partial charge in [0.05, 0.1) is 29.7 Å². The molecule has 3 aromatic carbocycles. The zero-order valence-electron chi connectivity index (χ0n) is 21.9. The molecular weight excluding hydrogens is 470 g/mol. The van der Waals surface area contributed by atoms with E-state index in [1.807, 2.05) is 72.0 Å². The van der Waals surface area contributed by atoms with Crippen molar-refractivity contribution in [3.05, 3.63) is 131 Å². The molecule has 2 aromatic heterocycles. The van der Waals surface area contributed by atoms with Crippen molar-refractivity contribution in [3.8, 4) is 11.5 Å². The molecule has 0 aliphatic carbocycles. The smallest absolute Gasteiger partial charge is 0.308 e. The summed E-state index contributed by atoms with van der Waals surface area (Å²) in [5, 5.41) is 8.08. The van der Waals surface area contributed by atoms with Crippen molar-refractivity contribution < 1.29 is 4.79 Å². The summed E-state index contributed by atoms with van der Waals surface area (Å²) in [5.41, 5.74) is 8.20. The van der Waals surface area contributed by atoms with E-state index in [4.69, 9.17) is 5.10 Å². The van der Waals surface area contributed by atoms with Gasteiger partial charge in [-0.05, 0) is 67.8 Å². The number of aromatic nitrogens is 3. The number of carbonyl (C=O) groups is 1. The number of carbonyl (C=O) groups excluding carboxylic acids is 1. The Morgan fingerprint density at radius 2 is 1.66 bits per heavy atom. The van der Waals surface area contributed by atoms with Crippen LogP contribution < -0.4 is 5.32 Å². The van der Waals surface area contributed by atoms with Gasteiger partial charge in [0.25, 0.3) is 0 Å². The van der Waals surface area contributed by atoms with Gasteiger partial charge in [0, 0.05) is 17.4 Å². The standard InChI is InChI=1S/C32H31N5O/c1-4-24-14-16-25(17-15-24)30-29-11-8-20-35(29)31-28(23(3)34-37(31)27-9-6-5-7-10-27)21-36(30)32(38)33-26-18-12-22(2)13-19-26/h5-20,30H,4,21H2,1-3H3,(H,33,38)/t30-/m0/s1. The molecule has 38 heavy (non-hydrogen) atoms. The molecule has 0 saturated heterocycles. The molecule has 6 rings (SSSR count). The first-order chi connectivity index (χ1) is 18.5. The maximum Gasteiger partial charge on any atom is 0.322 e. The number of para-hydroxylation sites is 1. The molecule has 0 saturated carbocycles. The Bertz CT molecular complexity index is 1580. The van der Waals surface area contributed by atoms with Crippen molar-refractivity contribution in [2.75, 3.05) is 5.32 Å². The second kappa shape index (κ2) is 9.71. The minimum absolute atomic E-state index is 0.147. The summed E-state index contributed by atoms with van der Waals surface area (Å²) >= 11 is 0. The minimum atomic E-state index is -0.280. The van der Waals surface area contributed by atoms with E-state index < -0.39 is 0 Å². The summed E-state index contributed by atoms with van der Waals surface area (Å²) < 4.78 is 4.19. The fourth-order valence-corrected chi connectivity index (χ4v) is 5.27. The van der Waals surface area contributed by atoms with Crippen molar-refractivity contribution in [1.29, 1.82) is 0 Å². The Morgan fingerprint density at radius 3 is 2.37 bits per heavy atom. The molecular formula is C32H31N5O. The normalized spacial score (nSPS) is 14.5. The highest BCUT2D eigenvalue weighted by Gasteiger charge is 2.36. The van der Waals surface area contributed by atoms with Crippen LogP contribution in [0.2, 0.25) is 0 Å². The Labute approximate surface area is 223 Å². The van der Waals surface area contributed by atoms with E-state index in [0.29, 0.717) is 6.54 Å². The lowest BCUT2D eigenvalue weighted by atomic mass is 9.99. The molecule has 1 N–H and O–H groups in total. The first-order valence-corrected chi connectivity index (χ1v) is 13.1. The van der Waals surface area contributed by atoms with Gasteiger partial charge in [-0.1, -0.05) is 67.1 Å². The van der Waals surface area contributed by atoms with E-state index in [-0.39, 0.29) is 12.1 Å². The van der Waals surface area contributed by atoms with Crippen molar-refractivity contribution in [2.45, 2.75) is 39.8 Å². The molecule has 0 bridgehead atoms. The number of urea groups is 1. The summed E-state index contributed by atoms with van der Waals surface area (Å²) in [6.07, 6.45) is 3.04. The Hall–Kier alpha value is -4.58. The third-order valence-corrected chi connectivity index (χ3v) is 7.35. The summed E-state index contributed by atoms with van der Waals surface area (Å²) in [6, 6.07) is 30.4. The number of anilines is 1. The van der Waals surface area contributed by atoms with Crippen molar-refractivity contribution >= 4 is 11.7 Å². The zero-order chi connectivity index (χ0) is 26.2. The van der Waals surface area contributed by atoms with Gasteiger partial charge in [-0.2, -0.15) is 5.10 Å². The first-order valence-electron chi connectivity index (χ1n) is 13.1. The summed E-state index contributed by atoms with van der Waals surface area (Å²) in [7, 11) is 0. The number of rotatable bonds is 4. The SMILES string of the molecule is CCc1ccc([C@H]2c3cccn3-c3c(c(C)nn3-c3ccccc3)CN2C(=O)Nc2ccc(C)cc2)cc1. The minimum Gasteiger partial charge on any atom is -0.308 e. The lowest BCUT2D eigenvalue weighted by molar-refractivity contribution is 0.194. The van der Waals surface area contributed by atoms with Gasteiger partial charge in [-0.25, -0.2) is 9.48 Å². The highest BCUT2D eigenvalue weighted by atomic mass is 16.2. The van der Waals surface area contributed by atoms with Gasteiger partial charge in [0.2, 0.25) is 0 Å². The monoisotopic (exact) mass is 501 g/mol. The summed E-state index contributed by atoms with van der Waals surface area (Å²) in [5.74, 6) is 0.967. The summed E-state index contributed by atoms with van der Waals surface area (Å²) in [6.45, 7) is 6.64. The maximum atomic E-state index is 14.0. The van der Waals surface area contributed by atoms with Crippen LogP contribution in [0, 0.1) is 13.8 Å². The Kier molecular flexibility index (Phi) is 6.08. The fraction of sp³-hybridized carbons (Fsp3) is 0.188. The highest BCUT2D eigenvalue weighted by Crippen LogP contribution is 2.38. The average Bonchev–Trinajstić information content (AvgIpc) is 3.51. The molecule has 6 heteroatoms. The predicted octanol–water partition coefficient (Wildman–Crippen LogP) is 6.98. The lowest BCUT2D eigenvalue weighted by Gasteiger charge is -2.31. The van der Waals surface area contributed by atoms with E-state index in [0.717, 1.165) is 51.7 Å². The summed E-state index contributed by atoms with van der Waals surface area (Å²) in [4.78, 5) is 16.0. The molecule has 2 amide bonds. The van der Waals surface area contributed by atoms with E-state index in [2.05, 4.69) is 65.5 Å². The van der Waals surface area contributed by atoms with Gasteiger partial charge < -0.3 is 14.8 Å². The van der Waals surface area contributed by atoms with Gasteiger partial charge >= 0.3 is 6.03 Å².